The number of urea groups is 1. The van der Waals surface area contributed by atoms with E-state index in [1.165, 1.54) is 12.1 Å². The Balaban J connectivity index is 1.78. The topological polar surface area (TPSA) is 53.2 Å². The molecule has 0 aromatic heterocycles. The Morgan fingerprint density at radius 2 is 2.00 bits per heavy atom. The minimum absolute atomic E-state index is 0.103. The van der Waals surface area contributed by atoms with Crippen molar-refractivity contribution in [1.82, 2.24) is 16.0 Å². The summed E-state index contributed by atoms with van der Waals surface area (Å²) >= 11 is 0. The second-order valence-corrected chi connectivity index (χ2v) is 5.06. The minimum atomic E-state index is -4.34. The molecule has 4 nitrogen and oxygen atoms in total. The maximum absolute atomic E-state index is 12.4. The van der Waals surface area contributed by atoms with Gasteiger partial charge in [-0.3, -0.25) is 0 Å². The molecule has 1 aliphatic rings. The van der Waals surface area contributed by atoms with Crippen molar-refractivity contribution < 1.29 is 18.0 Å². The molecule has 1 saturated heterocycles. The lowest BCUT2D eigenvalue weighted by molar-refractivity contribution is -0.137. The highest BCUT2D eigenvalue weighted by Crippen LogP contribution is 2.28. The molecular formula is C14H18F3N3O. The average Bonchev–Trinajstić information content (AvgIpc) is 2.46. The van der Waals surface area contributed by atoms with E-state index in [4.69, 9.17) is 0 Å². The van der Waals surface area contributed by atoms with Crippen LogP contribution in [0.4, 0.5) is 18.0 Å². The monoisotopic (exact) mass is 301 g/mol. The number of nitrogens with one attached hydrogen (secondary N) is 3. The molecule has 1 aromatic rings. The molecular weight excluding hydrogens is 283 g/mol. The van der Waals surface area contributed by atoms with E-state index in [0.29, 0.717) is 5.56 Å². The molecule has 2 rings (SSSR count). The second-order valence-electron chi connectivity index (χ2n) is 5.06. The maximum Gasteiger partial charge on any atom is 0.416 e. The van der Waals surface area contributed by atoms with Gasteiger partial charge >= 0.3 is 12.2 Å². The van der Waals surface area contributed by atoms with Crippen molar-refractivity contribution in [2.45, 2.75) is 31.6 Å². The Labute approximate surface area is 121 Å². The number of carbonyl (C=O) groups excluding carboxylic acids is 1. The first-order valence-corrected chi connectivity index (χ1v) is 6.86. The second kappa shape index (κ2) is 6.80. The number of rotatable bonds is 3. The third-order valence-electron chi connectivity index (χ3n) is 3.37. The van der Waals surface area contributed by atoms with E-state index in [9.17, 15) is 18.0 Å². The number of hydrogen-bond acceptors (Lipinski definition) is 2. The average molecular weight is 301 g/mol. The van der Waals surface area contributed by atoms with Crippen molar-refractivity contribution in [2.24, 2.45) is 0 Å². The lowest BCUT2D eigenvalue weighted by Gasteiger charge is -2.23. The number of benzene rings is 1. The van der Waals surface area contributed by atoms with E-state index >= 15 is 0 Å². The predicted octanol–water partition coefficient (Wildman–Crippen LogP) is 2.26. The van der Waals surface area contributed by atoms with Crippen LogP contribution in [0.15, 0.2) is 24.3 Å². The molecule has 7 heteroatoms. The van der Waals surface area contributed by atoms with Gasteiger partial charge in [-0.25, -0.2) is 4.79 Å². The van der Waals surface area contributed by atoms with Crippen LogP contribution < -0.4 is 16.0 Å². The smallest absolute Gasteiger partial charge is 0.334 e. The fourth-order valence-electron chi connectivity index (χ4n) is 2.21. The Kier molecular flexibility index (Phi) is 5.06. The molecule has 21 heavy (non-hydrogen) atoms. The molecule has 116 valence electrons. The summed E-state index contributed by atoms with van der Waals surface area (Å²) in [5.74, 6) is 0. The first kappa shape index (κ1) is 15.6. The number of halogens is 3. The van der Waals surface area contributed by atoms with Crippen LogP contribution in [0.1, 0.15) is 24.0 Å². The van der Waals surface area contributed by atoms with Crippen molar-refractivity contribution in [1.29, 1.82) is 0 Å². The fraction of sp³-hybridized carbons (Fsp3) is 0.500. The Hall–Kier alpha value is -1.76. The molecule has 1 unspecified atom stereocenters. The van der Waals surface area contributed by atoms with Crippen LogP contribution >= 0.6 is 0 Å². The van der Waals surface area contributed by atoms with E-state index in [2.05, 4.69) is 16.0 Å². The SMILES string of the molecule is O=C(NCc1ccc(C(F)(F)F)cc1)NC1CCCNC1. The standard InChI is InChI=1S/C14H18F3N3O/c15-14(16,17)11-5-3-10(4-6-11)8-19-13(21)20-12-2-1-7-18-9-12/h3-6,12,18H,1-2,7-9H2,(H2,19,20,21). The van der Waals surface area contributed by atoms with Crippen LogP contribution in [0.3, 0.4) is 0 Å². The molecule has 0 saturated carbocycles. The summed E-state index contributed by atoms with van der Waals surface area (Å²) < 4.78 is 37.2. The quantitative estimate of drug-likeness (QED) is 0.802. The molecule has 0 radical (unpaired) electrons. The summed E-state index contributed by atoms with van der Waals surface area (Å²) in [5, 5.41) is 8.66. The van der Waals surface area contributed by atoms with Gasteiger partial charge < -0.3 is 16.0 Å². The predicted molar refractivity (Wildman–Crippen MR) is 72.7 cm³/mol. The van der Waals surface area contributed by atoms with Gasteiger partial charge in [0.25, 0.3) is 0 Å². The zero-order chi connectivity index (χ0) is 15.3. The normalized spacial score (nSPS) is 19.1. The Morgan fingerprint density at radius 1 is 1.29 bits per heavy atom. The van der Waals surface area contributed by atoms with Crippen molar-refractivity contribution in [3.63, 3.8) is 0 Å². The minimum Gasteiger partial charge on any atom is -0.334 e. The number of carbonyl (C=O) groups is 1. The van der Waals surface area contributed by atoms with Crippen LogP contribution in [0, 0.1) is 0 Å². The zero-order valence-corrected chi connectivity index (χ0v) is 11.5. The van der Waals surface area contributed by atoms with Crippen molar-refractivity contribution >= 4 is 6.03 Å². The highest BCUT2D eigenvalue weighted by Gasteiger charge is 2.29. The van der Waals surface area contributed by atoms with Gasteiger partial charge in [-0.2, -0.15) is 13.2 Å². The van der Waals surface area contributed by atoms with Gasteiger partial charge in [0.15, 0.2) is 0 Å². The van der Waals surface area contributed by atoms with Gasteiger partial charge in [0, 0.05) is 19.1 Å². The van der Waals surface area contributed by atoms with Crippen LogP contribution in [-0.4, -0.2) is 25.2 Å². The molecule has 1 fully saturated rings. The summed E-state index contributed by atoms with van der Waals surface area (Å²) in [5.41, 5.74) is -0.0658. The van der Waals surface area contributed by atoms with E-state index < -0.39 is 11.7 Å². The largest absolute Gasteiger partial charge is 0.416 e. The number of alkyl halides is 3. The first-order valence-electron chi connectivity index (χ1n) is 6.86. The number of hydrogen-bond donors (Lipinski definition) is 3. The molecule has 2 amide bonds. The molecule has 1 aromatic carbocycles. The van der Waals surface area contributed by atoms with Crippen LogP contribution in [0.5, 0.6) is 0 Å². The van der Waals surface area contributed by atoms with Crippen LogP contribution in [0.2, 0.25) is 0 Å². The van der Waals surface area contributed by atoms with Crippen LogP contribution in [-0.2, 0) is 12.7 Å². The third-order valence-corrected chi connectivity index (χ3v) is 3.37. The zero-order valence-electron chi connectivity index (χ0n) is 11.5. The highest BCUT2D eigenvalue weighted by atomic mass is 19.4. The lowest BCUT2D eigenvalue weighted by atomic mass is 10.1. The fourth-order valence-corrected chi connectivity index (χ4v) is 2.21. The van der Waals surface area contributed by atoms with Crippen molar-refractivity contribution in [3.8, 4) is 0 Å². The summed E-state index contributed by atoms with van der Waals surface area (Å²) in [6, 6.07) is 4.56. The Morgan fingerprint density at radius 3 is 2.57 bits per heavy atom. The van der Waals surface area contributed by atoms with E-state index in [0.717, 1.165) is 38.1 Å². The molecule has 0 spiro atoms. The first-order chi connectivity index (χ1) is 9.95. The van der Waals surface area contributed by atoms with Crippen molar-refractivity contribution in [2.75, 3.05) is 13.1 Å². The summed E-state index contributed by atoms with van der Waals surface area (Å²) in [6.07, 6.45) is -2.39. The number of piperidine rings is 1. The summed E-state index contributed by atoms with van der Waals surface area (Å²) in [7, 11) is 0. The van der Waals surface area contributed by atoms with E-state index in [1.807, 2.05) is 0 Å². The van der Waals surface area contributed by atoms with Gasteiger partial charge in [0.05, 0.1) is 5.56 Å². The van der Waals surface area contributed by atoms with Gasteiger partial charge in [-0.05, 0) is 37.1 Å². The summed E-state index contributed by atoms with van der Waals surface area (Å²) in [4.78, 5) is 11.7. The van der Waals surface area contributed by atoms with Crippen molar-refractivity contribution in [3.05, 3.63) is 35.4 Å². The van der Waals surface area contributed by atoms with Gasteiger partial charge in [-0.1, -0.05) is 12.1 Å². The lowest BCUT2D eigenvalue weighted by Crippen LogP contribution is -2.48. The van der Waals surface area contributed by atoms with Gasteiger partial charge in [-0.15, -0.1) is 0 Å². The molecule has 1 atom stereocenters. The molecule has 3 N–H and O–H groups in total. The summed E-state index contributed by atoms with van der Waals surface area (Å²) in [6.45, 7) is 1.91. The van der Waals surface area contributed by atoms with E-state index in [1.54, 1.807) is 0 Å². The highest BCUT2D eigenvalue weighted by molar-refractivity contribution is 5.74. The maximum atomic E-state index is 12.4. The molecule has 0 bridgehead atoms. The Bertz CT molecular complexity index is 467. The molecule has 1 heterocycles. The van der Waals surface area contributed by atoms with Crippen LogP contribution in [0.25, 0.3) is 0 Å². The number of amides is 2. The third kappa shape index (κ3) is 4.93. The van der Waals surface area contributed by atoms with Gasteiger partial charge in [0.2, 0.25) is 0 Å². The van der Waals surface area contributed by atoms with E-state index in [-0.39, 0.29) is 18.6 Å². The van der Waals surface area contributed by atoms with Gasteiger partial charge in [0.1, 0.15) is 0 Å². The molecule has 1 aliphatic heterocycles. The molecule has 0 aliphatic carbocycles.